The molecular weight excluding hydrogens is 280 g/mol. The van der Waals surface area contributed by atoms with E-state index in [9.17, 15) is 9.59 Å². The van der Waals surface area contributed by atoms with Crippen molar-refractivity contribution in [1.29, 1.82) is 0 Å². The number of Topliss-reactive ketones (excluding diaryl/α,β-unsaturated/α-hetero) is 1. The van der Waals surface area contributed by atoms with E-state index in [0.29, 0.717) is 19.4 Å². The highest BCUT2D eigenvalue weighted by atomic mass is 16.5. The van der Waals surface area contributed by atoms with Crippen LogP contribution in [0.5, 0.6) is 5.75 Å². The largest absolute Gasteiger partial charge is 0.490 e. The lowest BCUT2D eigenvalue weighted by Crippen LogP contribution is -2.29. The van der Waals surface area contributed by atoms with Gasteiger partial charge >= 0.3 is 5.97 Å². The van der Waals surface area contributed by atoms with Crippen molar-refractivity contribution in [3.8, 4) is 5.75 Å². The van der Waals surface area contributed by atoms with Gasteiger partial charge in [-0.05, 0) is 43.0 Å². The summed E-state index contributed by atoms with van der Waals surface area (Å²) in [5.74, 6) is 0.288. The van der Waals surface area contributed by atoms with Crippen LogP contribution in [-0.4, -0.2) is 24.5 Å². The molecule has 22 heavy (non-hydrogen) atoms. The van der Waals surface area contributed by atoms with Crippen LogP contribution >= 0.6 is 0 Å². The summed E-state index contributed by atoms with van der Waals surface area (Å²) >= 11 is 0. The summed E-state index contributed by atoms with van der Waals surface area (Å²) in [5.41, 5.74) is 0.859. The SMILES string of the molecule is C=CCOc1ccc(/C=C/C(=O)O[C@@H]2CCCCC2=O)cc1. The number of ketones is 1. The standard InChI is InChI=1S/C18H20O4/c1-2-13-21-15-10-7-14(8-11-15)9-12-18(20)22-17-6-4-3-5-16(17)19/h2,7-12,17H,1,3-6,13H2/b12-9+/t17-/m1/s1. The Kier molecular flexibility index (Phi) is 5.95. The molecule has 0 radical (unpaired) electrons. The first-order valence-electron chi connectivity index (χ1n) is 7.44. The van der Waals surface area contributed by atoms with Crippen molar-refractivity contribution >= 4 is 17.8 Å². The summed E-state index contributed by atoms with van der Waals surface area (Å²) in [6, 6.07) is 7.32. The van der Waals surface area contributed by atoms with Crippen molar-refractivity contribution in [1.82, 2.24) is 0 Å². The van der Waals surface area contributed by atoms with Gasteiger partial charge in [0.25, 0.3) is 0 Å². The molecule has 0 aromatic heterocycles. The van der Waals surface area contributed by atoms with E-state index in [-0.39, 0.29) is 5.78 Å². The Hall–Kier alpha value is -2.36. The number of hydrogen-bond donors (Lipinski definition) is 0. The molecule has 0 heterocycles. The number of benzene rings is 1. The Balaban J connectivity index is 1.86. The molecule has 0 bridgehead atoms. The maximum atomic E-state index is 11.7. The lowest BCUT2D eigenvalue weighted by atomic mass is 9.96. The topological polar surface area (TPSA) is 52.6 Å². The lowest BCUT2D eigenvalue weighted by molar-refractivity contribution is -0.152. The number of rotatable bonds is 6. The van der Waals surface area contributed by atoms with E-state index in [4.69, 9.17) is 9.47 Å². The maximum Gasteiger partial charge on any atom is 0.331 e. The molecule has 0 spiro atoms. The van der Waals surface area contributed by atoms with Crippen LogP contribution in [0.3, 0.4) is 0 Å². The zero-order chi connectivity index (χ0) is 15.8. The van der Waals surface area contributed by atoms with Crippen LogP contribution in [0.2, 0.25) is 0 Å². The minimum atomic E-state index is -0.569. The molecular formula is C18H20O4. The molecule has 1 aliphatic carbocycles. The van der Waals surface area contributed by atoms with Gasteiger partial charge in [-0.25, -0.2) is 4.79 Å². The number of esters is 1. The molecule has 0 N–H and O–H groups in total. The second-order valence-corrected chi connectivity index (χ2v) is 5.14. The van der Waals surface area contributed by atoms with Crippen molar-refractivity contribution in [2.75, 3.05) is 6.61 Å². The summed E-state index contributed by atoms with van der Waals surface area (Å²) in [5, 5.41) is 0. The van der Waals surface area contributed by atoms with Crippen molar-refractivity contribution in [2.45, 2.75) is 31.8 Å². The number of carbonyl (C=O) groups excluding carboxylic acids is 2. The van der Waals surface area contributed by atoms with Gasteiger partial charge in [0.05, 0.1) is 0 Å². The van der Waals surface area contributed by atoms with Crippen molar-refractivity contribution in [3.63, 3.8) is 0 Å². The minimum absolute atomic E-state index is 0.0247. The number of ether oxygens (including phenoxy) is 2. The van der Waals surface area contributed by atoms with Crippen molar-refractivity contribution in [2.24, 2.45) is 0 Å². The van der Waals surface area contributed by atoms with Gasteiger partial charge < -0.3 is 9.47 Å². The van der Waals surface area contributed by atoms with Crippen LogP contribution in [0.15, 0.2) is 43.0 Å². The van der Waals surface area contributed by atoms with E-state index < -0.39 is 12.1 Å². The van der Waals surface area contributed by atoms with E-state index in [1.807, 2.05) is 24.3 Å². The summed E-state index contributed by atoms with van der Waals surface area (Å²) in [4.78, 5) is 23.3. The Morgan fingerprint density at radius 3 is 2.73 bits per heavy atom. The quantitative estimate of drug-likeness (QED) is 0.459. The third-order valence-corrected chi connectivity index (χ3v) is 3.42. The van der Waals surface area contributed by atoms with E-state index in [1.54, 1.807) is 12.2 Å². The van der Waals surface area contributed by atoms with Gasteiger partial charge in [-0.15, -0.1) is 0 Å². The summed E-state index contributed by atoms with van der Waals surface area (Å²) in [7, 11) is 0. The van der Waals surface area contributed by atoms with Gasteiger partial charge in [0.15, 0.2) is 11.9 Å². The Morgan fingerprint density at radius 1 is 1.27 bits per heavy atom. The minimum Gasteiger partial charge on any atom is -0.490 e. The van der Waals surface area contributed by atoms with Gasteiger partial charge in [0.2, 0.25) is 0 Å². The second-order valence-electron chi connectivity index (χ2n) is 5.14. The molecule has 4 heteroatoms. The second kappa shape index (κ2) is 8.17. The summed E-state index contributed by atoms with van der Waals surface area (Å²) in [6.07, 6.45) is 7.08. The highest BCUT2D eigenvalue weighted by Gasteiger charge is 2.24. The molecule has 2 rings (SSSR count). The molecule has 1 fully saturated rings. The van der Waals surface area contributed by atoms with Gasteiger partial charge in [0.1, 0.15) is 12.4 Å². The van der Waals surface area contributed by atoms with Gasteiger partial charge in [0, 0.05) is 12.5 Å². The fraction of sp³-hybridized carbons (Fsp3) is 0.333. The first-order valence-corrected chi connectivity index (χ1v) is 7.44. The summed E-state index contributed by atoms with van der Waals surface area (Å²) < 4.78 is 10.6. The fourth-order valence-electron chi connectivity index (χ4n) is 2.25. The third-order valence-electron chi connectivity index (χ3n) is 3.42. The van der Waals surface area contributed by atoms with Gasteiger partial charge in [-0.2, -0.15) is 0 Å². The number of hydrogen-bond acceptors (Lipinski definition) is 4. The van der Waals surface area contributed by atoms with E-state index >= 15 is 0 Å². The smallest absolute Gasteiger partial charge is 0.331 e. The first kappa shape index (κ1) is 16.0. The molecule has 1 aromatic carbocycles. The third kappa shape index (κ3) is 4.88. The normalized spacial score (nSPS) is 18.2. The van der Waals surface area contributed by atoms with Crippen molar-refractivity contribution < 1.29 is 19.1 Å². The fourth-order valence-corrected chi connectivity index (χ4v) is 2.25. The molecule has 116 valence electrons. The van der Waals surface area contributed by atoms with Crippen LogP contribution in [0, 0.1) is 0 Å². The molecule has 1 saturated carbocycles. The van der Waals surface area contributed by atoms with E-state index in [1.165, 1.54) is 6.08 Å². The van der Waals surface area contributed by atoms with E-state index in [0.717, 1.165) is 24.2 Å². The van der Waals surface area contributed by atoms with Crippen LogP contribution in [0.1, 0.15) is 31.2 Å². The molecule has 0 amide bonds. The van der Waals surface area contributed by atoms with Gasteiger partial charge in [-0.1, -0.05) is 24.8 Å². The van der Waals surface area contributed by atoms with E-state index in [2.05, 4.69) is 6.58 Å². The molecule has 1 aliphatic rings. The van der Waals surface area contributed by atoms with Gasteiger partial charge in [-0.3, -0.25) is 4.79 Å². The molecule has 0 saturated heterocycles. The highest BCUT2D eigenvalue weighted by molar-refractivity contribution is 5.91. The Labute approximate surface area is 130 Å². The molecule has 0 aliphatic heterocycles. The molecule has 0 unspecified atom stereocenters. The van der Waals surface area contributed by atoms with Crippen LogP contribution < -0.4 is 4.74 Å². The van der Waals surface area contributed by atoms with Crippen molar-refractivity contribution in [3.05, 3.63) is 48.6 Å². The lowest BCUT2D eigenvalue weighted by Gasteiger charge is -2.19. The molecule has 1 aromatic rings. The Bertz CT molecular complexity index is 557. The first-order chi connectivity index (χ1) is 10.7. The predicted molar refractivity (Wildman–Crippen MR) is 84.5 cm³/mol. The zero-order valence-corrected chi connectivity index (χ0v) is 12.5. The molecule has 1 atom stereocenters. The zero-order valence-electron chi connectivity index (χ0n) is 12.5. The van der Waals surface area contributed by atoms with Crippen LogP contribution in [0.25, 0.3) is 6.08 Å². The average molecular weight is 300 g/mol. The van der Waals surface area contributed by atoms with Crippen LogP contribution in [-0.2, 0) is 14.3 Å². The predicted octanol–water partition coefficient (Wildman–Crippen LogP) is 3.32. The monoisotopic (exact) mass is 300 g/mol. The highest BCUT2D eigenvalue weighted by Crippen LogP contribution is 2.18. The van der Waals surface area contributed by atoms with Crippen LogP contribution in [0.4, 0.5) is 0 Å². The maximum absolute atomic E-state index is 11.7. The summed E-state index contributed by atoms with van der Waals surface area (Å²) in [6.45, 7) is 4.04. The number of carbonyl (C=O) groups is 2. The molecule has 4 nitrogen and oxygen atoms in total. The Morgan fingerprint density at radius 2 is 2.05 bits per heavy atom. The average Bonchev–Trinajstić information content (AvgIpc) is 2.54.